The minimum absolute atomic E-state index is 0.316. The Morgan fingerprint density at radius 2 is 2.29 bits per heavy atom. The monoisotopic (exact) mass is 333 g/mol. The van der Waals surface area contributed by atoms with Gasteiger partial charge in [-0.25, -0.2) is 0 Å². The first-order valence-electron chi connectivity index (χ1n) is 8.89. The van der Waals surface area contributed by atoms with Crippen molar-refractivity contribution in [2.24, 2.45) is 5.92 Å². The minimum atomic E-state index is -0.560. The van der Waals surface area contributed by atoms with E-state index in [-0.39, 0.29) is 0 Å². The molecule has 1 aliphatic heterocycles. The Kier molecular flexibility index (Phi) is 5.68. The summed E-state index contributed by atoms with van der Waals surface area (Å²) in [5.74, 6) is 2.74. The Balaban J connectivity index is 1.54. The van der Waals surface area contributed by atoms with Gasteiger partial charge in [0.05, 0.1) is 12.8 Å². The lowest BCUT2D eigenvalue weighted by molar-refractivity contribution is 0.0955. The third kappa shape index (κ3) is 4.45. The number of aliphatic hydroxyl groups excluding tert-OH is 1. The van der Waals surface area contributed by atoms with Crippen LogP contribution >= 0.6 is 0 Å². The van der Waals surface area contributed by atoms with E-state index in [1.165, 1.54) is 0 Å². The summed E-state index contributed by atoms with van der Waals surface area (Å²) >= 11 is 0. The number of likely N-dealkylation sites (tertiary alicyclic amines) is 1. The van der Waals surface area contributed by atoms with Crippen LogP contribution in [-0.4, -0.2) is 32.7 Å². The molecule has 3 heterocycles. The summed E-state index contributed by atoms with van der Waals surface area (Å²) < 4.78 is 10.7. The number of furan rings is 1. The molecule has 0 radical (unpaired) electrons. The third-order valence-electron chi connectivity index (χ3n) is 4.66. The predicted octanol–water partition coefficient (Wildman–Crippen LogP) is 3.34. The van der Waals surface area contributed by atoms with Crippen LogP contribution in [0.5, 0.6) is 0 Å². The number of aliphatic hydroxyl groups is 1. The fourth-order valence-corrected chi connectivity index (χ4v) is 3.27. The van der Waals surface area contributed by atoms with Crippen LogP contribution in [0.25, 0.3) is 0 Å². The quantitative estimate of drug-likeness (QED) is 0.798. The zero-order valence-corrected chi connectivity index (χ0v) is 14.5. The molecule has 0 bridgehead atoms. The number of aromatic nitrogens is 2. The molecule has 0 aliphatic carbocycles. The summed E-state index contributed by atoms with van der Waals surface area (Å²) in [5.41, 5.74) is 0. The minimum Gasteiger partial charge on any atom is -0.467 e. The highest BCUT2D eigenvalue weighted by molar-refractivity contribution is 5.03. The average Bonchev–Trinajstić information content (AvgIpc) is 3.28. The van der Waals surface area contributed by atoms with E-state index < -0.39 is 6.10 Å². The van der Waals surface area contributed by atoms with Crippen LogP contribution in [0.15, 0.2) is 27.3 Å². The van der Waals surface area contributed by atoms with Crippen molar-refractivity contribution in [1.82, 2.24) is 15.0 Å². The van der Waals surface area contributed by atoms with Crippen molar-refractivity contribution in [2.45, 2.75) is 64.6 Å². The largest absolute Gasteiger partial charge is 0.467 e. The fraction of sp³-hybridized carbons (Fsp3) is 0.667. The maximum atomic E-state index is 10.3. The van der Waals surface area contributed by atoms with Gasteiger partial charge in [0.1, 0.15) is 11.9 Å². The predicted molar refractivity (Wildman–Crippen MR) is 89.2 cm³/mol. The number of nitrogens with zero attached hydrogens (tertiary/aromatic N) is 3. The topological polar surface area (TPSA) is 75.5 Å². The Bertz CT molecular complexity index is 609. The van der Waals surface area contributed by atoms with E-state index in [1.54, 1.807) is 6.26 Å². The fourth-order valence-electron chi connectivity index (χ4n) is 3.27. The van der Waals surface area contributed by atoms with Gasteiger partial charge in [-0.1, -0.05) is 19.0 Å². The van der Waals surface area contributed by atoms with E-state index in [4.69, 9.17) is 8.94 Å². The molecule has 132 valence electrons. The van der Waals surface area contributed by atoms with Gasteiger partial charge in [0.2, 0.25) is 5.89 Å². The van der Waals surface area contributed by atoms with Crippen molar-refractivity contribution in [3.63, 3.8) is 0 Å². The maximum Gasteiger partial charge on any atom is 0.240 e. The SMILES string of the molecule is CC(C)CCc1noc(CN2CCCC2CC(O)c2ccco2)n1. The maximum absolute atomic E-state index is 10.3. The van der Waals surface area contributed by atoms with Crippen molar-refractivity contribution in [3.8, 4) is 0 Å². The molecule has 1 aliphatic rings. The second kappa shape index (κ2) is 7.94. The first-order chi connectivity index (χ1) is 11.6. The number of hydrogen-bond acceptors (Lipinski definition) is 6. The third-order valence-corrected chi connectivity index (χ3v) is 4.66. The smallest absolute Gasteiger partial charge is 0.240 e. The van der Waals surface area contributed by atoms with E-state index >= 15 is 0 Å². The molecule has 24 heavy (non-hydrogen) atoms. The molecule has 1 fully saturated rings. The Morgan fingerprint density at radius 3 is 3.04 bits per heavy atom. The molecule has 2 aromatic heterocycles. The van der Waals surface area contributed by atoms with E-state index in [0.29, 0.717) is 36.6 Å². The van der Waals surface area contributed by atoms with Gasteiger partial charge in [0.15, 0.2) is 5.82 Å². The summed E-state index contributed by atoms with van der Waals surface area (Å²) in [5, 5.41) is 14.4. The van der Waals surface area contributed by atoms with Crippen molar-refractivity contribution in [3.05, 3.63) is 35.9 Å². The van der Waals surface area contributed by atoms with Gasteiger partial charge in [-0.3, -0.25) is 4.90 Å². The summed E-state index contributed by atoms with van der Waals surface area (Å²) in [6.45, 7) is 6.05. The molecule has 2 unspecified atom stereocenters. The highest BCUT2D eigenvalue weighted by Gasteiger charge is 2.29. The zero-order valence-electron chi connectivity index (χ0n) is 14.5. The number of hydrogen-bond donors (Lipinski definition) is 1. The highest BCUT2D eigenvalue weighted by Crippen LogP contribution is 2.28. The molecule has 2 aromatic rings. The van der Waals surface area contributed by atoms with Gasteiger partial charge in [0.25, 0.3) is 0 Å². The van der Waals surface area contributed by atoms with Crippen LogP contribution in [0, 0.1) is 5.92 Å². The molecule has 0 amide bonds. The van der Waals surface area contributed by atoms with Gasteiger partial charge in [0, 0.05) is 12.5 Å². The van der Waals surface area contributed by atoms with Crippen LogP contribution in [0.3, 0.4) is 0 Å². The molecular weight excluding hydrogens is 306 g/mol. The highest BCUT2D eigenvalue weighted by atomic mass is 16.5. The van der Waals surface area contributed by atoms with Crippen LogP contribution in [0.1, 0.15) is 63.1 Å². The molecule has 2 atom stereocenters. The van der Waals surface area contributed by atoms with Crippen LogP contribution < -0.4 is 0 Å². The van der Waals surface area contributed by atoms with E-state index in [0.717, 1.165) is 38.1 Å². The van der Waals surface area contributed by atoms with Crippen molar-refractivity contribution in [1.29, 1.82) is 0 Å². The Hall–Kier alpha value is -1.66. The van der Waals surface area contributed by atoms with Gasteiger partial charge in [-0.2, -0.15) is 4.98 Å². The Morgan fingerprint density at radius 1 is 1.42 bits per heavy atom. The standard InChI is InChI=1S/C18H27N3O3/c1-13(2)7-8-17-19-18(24-20-17)12-21-9-3-5-14(21)11-15(22)16-6-4-10-23-16/h4,6,10,13-15,22H,3,5,7-9,11-12H2,1-2H3. The summed E-state index contributed by atoms with van der Waals surface area (Å²) in [7, 11) is 0. The molecule has 3 rings (SSSR count). The van der Waals surface area contributed by atoms with Crippen molar-refractivity contribution in [2.75, 3.05) is 6.54 Å². The molecule has 0 saturated carbocycles. The lowest BCUT2D eigenvalue weighted by Gasteiger charge is -2.24. The Labute approximate surface area is 142 Å². The number of aryl methyl sites for hydroxylation is 1. The van der Waals surface area contributed by atoms with Gasteiger partial charge in [-0.15, -0.1) is 0 Å². The first-order valence-corrected chi connectivity index (χ1v) is 8.89. The average molecular weight is 333 g/mol. The van der Waals surface area contributed by atoms with E-state index in [1.807, 2.05) is 12.1 Å². The molecule has 0 aromatic carbocycles. The lowest BCUT2D eigenvalue weighted by atomic mass is 10.1. The first kappa shape index (κ1) is 17.2. The molecule has 0 spiro atoms. The molecular formula is C18H27N3O3. The van der Waals surface area contributed by atoms with Crippen LogP contribution in [-0.2, 0) is 13.0 Å². The van der Waals surface area contributed by atoms with Gasteiger partial charge < -0.3 is 14.0 Å². The second-order valence-corrected chi connectivity index (χ2v) is 7.07. The number of rotatable bonds is 8. The summed E-state index contributed by atoms with van der Waals surface area (Å²) in [6.07, 6.45) is 5.84. The molecule has 6 nitrogen and oxygen atoms in total. The van der Waals surface area contributed by atoms with Gasteiger partial charge >= 0.3 is 0 Å². The second-order valence-electron chi connectivity index (χ2n) is 7.07. The van der Waals surface area contributed by atoms with E-state index in [2.05, 4.69) is 28.9 Å². The van der Waals surface area contributed by atoms with Crippen LogP contribution in [0.2, 0.25) is 0 Å². The van der Waals surface area contributed by atoms with Crippen LogP contribution in [0.4, 0.5) is 0 Å². The summed E-state index contributed by atoms with van der Waals surface area (Å²) in [4.78, 5) is 6.83. The van der Waals surface area contributed by atoms with Crippen molar-refractivity contribution >= 4 is 0 Å². The molecule has 1 N–H and O–H groups in total. The summed E-state index contributed by atoms with van der Waals surface area (Å²) in [6, 6.07) is 3.95. The van der Waals surface area contributed by atoms with E-state index in [9.17, 15) is 5.11 Å². The zero-order chi connectivity index (χ0) is 16.9. The molecule has 6 heteroatoms. The normalized spacial score (nSPS) is 20.1. The molecule has 1 saturated heterocycles. The lowest BCUT2D eigenvalue weighted by Crippen LogP contribution is -2.30. The van der Waals surface area contributed by atoms with Gasteiger partial charge in [-0.05, 0) is 50.3 Å². The van der Waals surface area contributed by atoms with Crippen molar-refractivity contribution < 1.29 is 14.0 Å².